The van der Waals surface area contributed by atoms with Gasteiger partial charge < -0.3 is 16.4 Å². The molecule has 7 nitrogen and oxygen atoms in total. The molecule has 0 unspecified atom stereocenters. The number of hydrogen-bond acceptors (Lipinski definition) is 4. The van der Waals surface area contributed by atoms with Crippen molar-refractivity contribution in [2.75, 3.05) is 13.1 Å². The molecule has 4 amide bonds. The predicted octanol–water partition coefficient (Wildman–Crippen LogP) is 2.32. The minimum Gasteiger partial charge on any atom is -0.348 e. The van der Waals surface area contributed by atoms with Crippen molar-refractivity contribution in [3.63, 3.8) is 0 Å². The van der Waals surface area contributed by atoms with E-state index in [-0.39, 0.29) is 41.7 Å². The second kappa shape index (κ2) is 8.19. The standard InChI is InChI=1S/C20H34N4O3.ClH/c1-18(2,3)14-6-10-20(11-7-14)16(26)24(17(27)23-20)12-15(25)22-19(13-21)8-4-5-9-19;/h14H,4-13,21H2,1-3H3,(H,22,25)(H,23,27);1H. The van der Waals surface area contributed by atoms with Gasteiger partial charge in [-0.05, 0) is 49.9 Å². The van der Waals surface area contributed by atoms with Crippen molar-refractivity contribution in [2.24, 2.45) is 17.1 Å². The van der Waals surface area contributed by atoms with Gasteiger partial charge in [-0.2, -0.15) is 0 Å². The Morgan fingerprint density at radius 2 is 1.75 bits per heavy atom. The third-order valence-electron chi connectivity index (χ3n) is 6.97. The highest BCUT2D eigenvalue weighted by Crippen LogP contribution is 2.43. The molecule has 1 aliphatic heterocycles. The Kier molecular flexibility index (Phi) is 6.71. The maximum atomic E-state index is 13.0. The molecule has 3 fully saturated rings. The first-order valence-corrected chi connectivity index (χ1v) is 10.3. The van der Waals surface area contributed by atoms with Crippen LogP contribution in [0, 0.1) is 11.3 Å². The zero-order valence-electron chi connectivity index (χ0n) is 17.3. The fourth-order valence-electron chi connectivity index (χ4n) is 5.05. The fraction of sp³-hybridized carbons (Fsp3) is 0.850. The molecule has 1 heterocycles. The van der Waals surface area contributed by atoms with Crippen molar-refractivity contribution in [3.8, 4) is 0 Å². The van der Waals surface area contributed by atoms with Crippen molar-refractivity contribution in [1.29, 1.82) is 0 Å². The number of rotatable bonds is 4. The Morgan fingerprint density at radius 3 is 2.25 bits per heavy atom. The van der Waals surface area contributed by atoms with E-state index < -0.39 is 11.6 Å². The average molecular weight is 415 g/mol. The summed E-state index contributed by atoms with van der Waals surface area (Å²) in [6.07, 6.45) is 6.89. The molecule has 2 aliphatic carbocycles. The molecule has 1 spiro atoms. The Bertz CT molecular complexity index is 617. The van der Waals surface area contributed by atoms with E-state index in [9.17, 15) is 14.4 Å². The number of carbonyl (C=O) groups is 3. The van der Waals surface area contributed by atoms with Crippen LogP contribution in [0.15, 0.2) is 0 Å². The van der Waals surface area contributed by atoms with Crippen molar-refractivity contribution < 1.29 is 14.4 Å². The first kappa shape index (κ1) is 22.9. The molecule has 8 heteroatoms. The van der Waals surface area contributed by atoms with Crippen LogP contribution in [0.2, 0.25) is 0 Å². The van der Waals surface area contributed by atoms with Gasteiger partial charge in [0.25, 0.3) is 5.91 Å². The molecule has 2 saturated carbocycles. The minimum atomic E-state index is -0.821. The molecule has 28 heavy (non-hydrogen) atoms. The second-order valence-corrected chi connectivity index (χ2v) is 9.78. The average Bonchev–Trinajstić information content (AvgIpc) is 3.14. The monoisotopic (exact) mass is 414 g/mol. The Hall–Kier alpha value is -1.34. The summed E-state index contributed by atoms with van der Waals surface area (Å²) in [4.78, 5) is 39.1. The summed E-state index contributed by atoms with van der Waals surface area (Å²) in [5, 5.41) is 5.89. The minimum absolute atomic E-state index is 0. The van der Waals surface area contributed by atoms with E-state index in [0.29, 0.717) is 25.3 Å². The third-order valence-corrected chi connectivity index (χ3v) is 6.97. The summed E-state index contributed by atoms with van der Waals surface area (Å²) in [5.41, 5.74) is 4.87. The highest BCUT2D eigenvalue weighted by atomic mass is 35.5. The largest absolute Gasteiger partial charge is 0.348 e. The van der Waals surface area contributed by atoms with Gasteiger partial charge in [-0.3, -0.25) is 14.5 Å². The molecule has 4 N–H and O–H groups in total. The molecule has 0 bridgehead atoms. The summed E-state index contributed by atoms with van der Waals surface area (Å²) >= 11 is 0. The molecule has 1 saturated heterocycles. The second-order valence-electron chi connectivity index (χ2n) is 9.78. The van der Waals surface area contributed by atoms with Gasteiger partial charge in [-0.25, -0.2) is 4.79 Å². The quantitative estimate of drug-likeness (QED) is 0.614. The van der Waals surface area contributed by atoms with Gasteiger partial charge in [0.1, 0.15) is 12.1 Å². The lowest BCUT2D eigenvalue weighted by atomic mass is 9.67. The number of hydrogen-bond donors (Lipinski definition) is 3. The van der Waals surface area contributed by atoms with E-state index >= 15 is 0 Å². The number of carbonyl (C=O) groups excluding carboxylic acids is 3. The van der Waals surface area contributed by atoms with E-state index in [0.717, 1.165) is 43.4 Å². The number of amides is 4. The highest BCUT2D eigenvalue weighted by molar-refractivity contribution is 6.09. The zero-order valence-corrected chi connectivity index (χ0v) is 18.1. The van der Waals surface area contributed by atoms with Crippen LogP contribution in [0.25, 0.3) is 0 Å². The molecule has 0 aromatic rings. The Morgan fingerprint density at radius 1 is 1.18 bits per heavy atom. The van der Waals surface area contributed by atoms with Crippen LogP contribution in [0.4, 0.5) is 4.79 Å². The highest BCUT2D eigenvalue weighted by Gasteiger charge is 2.53. The topological polar surface area (TPSA) is 105 Å². The lowest BCUT2D eigenvalue weighted by Crippen LogP contribution is -2.55. The molecular weight excluding hydrogens is 380 g/mol. The predicted molar refractivity (Wildman–Crippen MR) is 110 cm³/mol. The van der Waals surface area contributed by atoms with Gasteiger partial charge in [0.15, 0.2) is 0 Å². The lowest BCUT2D eigenvalue weighted by Gasteiger charge is -2.40. The molecule has 0 aromatic carbocycles. The van der Waals surface area contributed by atoms with Crippen LogP contribution in [-0.2, 0) is 9.59 Å². The summed E-state index contributed by atoms with van der Waals surface area (Å²) < 4.78 is 0. The van der Waals surface area contributed by atoms with E-state index in [4.69, 9.17) is 5.73 Å². The van der Waals surface area contributed by atoms with E-state index in [1.165, 1.54) is 0 Å². The molecule has 160 valence electrons. The van der Waals surface area contributed by atoms with Crippen molar-refractivity contribution in [3.05, 3.63) is 0 Å². The molecule has 3 rings (SSSR count). The SMILES string of the molecule is CC(C)(C)C1CCC2(CC1)NC(=O)N(CC(=O)NC1(CN)CCCC1)C2=O.Cl. The van der Waals surface area contributed by atoms with Crippen molar-refractivity contribution in [1.82, 2.24) is 15.5 Å². The van der Waals surface area contributed by atoms with Crippen LogP contribution in [-0.4, -0.2) is 46.9 Å². The van der Waals surface area contributed by atoms with Gasteiger partial charge in [-0.1, -0.05) is 33.6 Å². The number of urea groups is 1. The first-order chi connectivity index (χ1) is 12.6. The number of nitrogens with one attached hydrogen (secondary N) is 2. The number of nitrogens with zero attached hydrogens (tertiary/aromatic N) is 1. The van der Waals surface area contributed by atoms with Crippen LogP contribution in [0.1, 0.15) is 72.1 Å². The lowest BCUT2D eigenvalue weighted by molar-refractivity contribution is -0.136. The third kappa shape index (κ3) is 4.30. The van der Waals surface area contributed by atoms with Crippen LogP contribution < -0.4 is 16.4 Å². The summed E-state index contributed by atoms with van der Waals surface area (Å²) in [6.45, 7) is 6.82. The smallest absolute Gasteiger partial charge is 0.325 e. The van der Waals surface area contributed by atoms with Crippen molar-refractivity contribution >= 4 is 30.3 Å². The number of imide groups is 1. The van der Waals surface area contributed by atoms with E-state index in [1.807, 2.05) is 0 Å². The molecule has 0 aromatic heterocycles. The number of nitrogens with two attached hydrogens (primary N) is 1. The molecule has 0 radical (unpaired) electrons. The molecule has 3 aliphatic rings. The maximum Gasteiger partial charge on any atom is 0.325 e. The number of halogens is 1. The van der Waals surface area contributed by atoms with E-state index in [2.05, 4.69) is 31.4 Å². The molecular formula is C20H35ClN4O3. The fourth-order valence-corrected chi connectivity index (χ4v) is 5.05. The summed E-state index contributed by atoms with van der Waals surface area (Å²) in [6, 6.07) is -0.447. The Balaban J connectivity index is 0.00000280. The van der Waals surface area contributed by atoms with E-state index in [1.54, 1.807) is 0 Å². The van der Waals surface area contributed by atoms with Gasteiger partial charge >= 0.3 is 6.03 Å². The zero-order chi connectivity index (χ0) is 19.9. The van der Waals surface area contributed by atoms with Crippen LogP contribution in [0.5, 0.6) is 0 Å². The summed E-state index contributed by atoms with van der Waals surface area (Å²) in [7, 11) is 0. The first-order valence-electron chi connectivity index (χ1n) is 10.3. The van der Waals surface area contributed by atoms with Gasteiger partial charge in [0.05, 0.1) is 5.54 Å². The van der Waals surface area contributed by atoms with Crippen molar-refractivity contribution in [2.45, 2.75) is 83.2 Å². The normalized spacial score (nSPS) is 29.6. The Labute approximate surface area is 173 Å². The summed E-state index contributed by atoms with van der Waals surface area (Å²) in [5.74, 6) is -0.00791. The van der Waals surface area contributed by atoms with Crippen LogP contribution >= 0.6 is 12.4 Å². The maximum absolute atomic E-state index is 13.0. The molecule has 0 atom stereocenters. The van der Waals surface area contributed by atoms with Crippen LogP contribution in [0.3, 0.4) is 0 Å². The van der Waals surface area contributed by atoms with Gasteiger partial charge in [0, 0.05) is 6.54 Å². The van der Waals surface area contributed by atoms with Gasteiger partial charge in [0.2, 0.25) is 5.91 Å². The van der Waals surface area contributed by atoms with Gasteiger partial charge in [-0.15, -0.1) is 12.4 Å².